The highest BCUT2D eigenvalue weighted by atomic mass is 35.5. The third-order valence-electron chi connectivity index (χ3n) is 8.05. The number of nitriles is 1. The molecule has 1 saturated heterocycles. The van der Waals surface area contributed by atoms with E-state index in [0.29, 0.717) is 28.2 Å². The van der Waals surface area contributed by atoms with E-state index in [9.17, 15) is 9.59 Å². The fourth-order valence-electron chi connectivity index (χ4n) is 6.38. The molecule has 1 N–H and O–H groups in total. The third-order valence-corrected chi connectivity index (χ3v) is 8.37. The van der Waals surface area contributed by atoms with Crippen LogP contribution >= 0.6 is 11.6 Å². The molecule has 2 aliphatic carbocycles. The first kappa shape index (κ1) is 23.6. The monoisotopic (exact) mass is 493 g/mol. The average molecular weight is 494 g/mol. The highest BCUT2D eigenvalue weighted by Crippen LogP contribution is 2.55. The molecule has 9 heteroatoms. The number of aromatic nitrogens is 2. The second-order valence-corrected chi connectivity index (χ2v) is 11.4. The SMILES string of the molecule is CC1(C)[C@H](NC(=O)c2ccc(N3C[C@@H]4[C@@H](C=O)[C@@H]4C3)nn2)C(C)(C)[C@H]1Oc1ccc(C#N)c(Cl)c1. The molecule has 3 fully saturated rings. The first-order valence-corrected chi connectivity index (χ1v) is 12.2. The van der Waals surface area contributed by atoms with Gasteiger partial charge in [0.15, 0.2) is 11.5 Å². The van der Waals surface area contributed by atoms with E-state index in [1.807, 2.05) is 12.1 Å². The summed E-state index contributed by atoms with van der Waals surface area (Å²) in [6, 6.07) is 10.4. The highest BCUT2D eigenvalue weighted by molar-refractivity contribution is 6.31. The Hall–Kier alpha value is -3.18. The average Bonchev–Trinajstić information content (AvgIpc) is 3.30. The summed E-state index contributed by atoms with van der Waals surface area (Å²) in [6.45, 7) is 9.84. The summed E-state index contributed by atoms with van der Waals surface area (Å²) in [5, 5.41) is 21.0. The number of anilines is 1. The molecule has 182 valence electrons. The van der Waals surface area contributed by atoms with E-state index in [4.69, 9.17) is 21.6 Å². The van der Waals surface area contributed by atoms with Crippen LogP contribution in [0.15, 0.2) is 30.3 Å². The number of hydrogen-bond donors (Lipinski definition) is 1. The van der Waals surface area contributed by atoms with Crippen molar-refractivity contribution in [2.45, 2.75) is 39.8 Å². The van der Waals surface area contributed by atoms with Gasteiger partial charge < -0.3 is 19.7 Å². The van der Waals surface area contributed by atoms with E-state index in [1.165, 1.54) is 0 Å². The summed E-state index contributed by atoms with van der Waals surface area (Å²) in [4.78, 5) is 26.1. The lowest BCUT2D eigenvalue weighted by Gasteiger charge is -2.63. The van der Waals surface area contributed by atoms with E-state index >= 15 is 0 Å². The van der Waals surface area contributed by atoms with Crippen molar-refractivity contribution in [1.82, 2.24) is 15.5 Å². The van der Waals surface area contributed by atoms with E-state index < -0.39 is 0 Å². The minimum absolute atomic E-state index is 0.159. The van der Waals surface area contributed by atoms with Gasteiger partial charge >= 0.3 is 0 Å². The van der Waals surface area contributed by atoms with Gasteiger partial charge in [-0.2, -0.15) is 5.26 Å². The van der Waals surface area contributed by atoms with Crippen LogP contribution in [0.2, 0.25) is 5.02 Å². The third kappa shape index (κ3) is 3.82. The maximum Gasteiger partial charge on any atom is 0.272 e. The zero-order chi connectivity index (χ0) is 25.1. The summed E-state index contributed by atoms with van der Waals surface area (Å²) in [7, 11) is 0. The second kappa shape index (κ2) is 8.20. The molecular weight excluding hydrogens is 466 g/mol. The minimum atomic E-state index is -0.362. The quantitative estimate of drug-likeness (QED) is 0.613. The Bertz CT molecular complexity index is 1190. The van der Waals surface area contributed by atoms with Gasteiger partial charge in [0.05, 0.1) is 10.6 Å². The number of carbonyl (C=O) groups is 2. The van der Waals surface area contributed by atoms with E-state index in [2.05, 4.69) is 48.1 Å². The van der Waals surface area contributed by atoms with Gasteiger partial charge in [0.25, 0.3) is 5.91 Å². The van der Waals surface area contributed by atoms with Gasteiger partial charge in [0.1, 0.15) is 24.2 Å². The van der Waals surface area contributed by atoms with Crippen LogP contribution in [0.5, 0.6) is 5.75 Å². The van der Waals surface area contributed by atoms with Gasteiger partial charge in [-0.15, -0.1) is 10.2 Å². The van der Waals surface area contributed by atoms with Crippen molar-refractivity contribution in [3.05, 3.63) is 46.6 Å². The van der Waals surface area contributed by atoms with Crippen LogP contribution in [0.1, 0.15) is 43.7 Å². The minimum Gasteiger partial charge on any atom is -0.489 e. The molecule has 0 bridgehead atoms. The number of rotatable bonds is 6. The van der Waals surface area contributed by atoms with Gasteiger partial charge in [-0.25, -0.2) is 0 Å². The van der Waals surface area contributed by atoms with Gasteiger partial charge in [0.2, 0.25) is 0 Å². The molecule has 3 aliphatic rings. The van der Waals surface area contributed by atoms with Crippen LogP contribution in [-0.2, 0) is 4.79 Å². The molecule has 0 spiro atoms. The van der Waals surface area contributed by atoms with Crippen LogP contribution < -0.4 is 15.0 Å². The molecule has 0 unspecified atom stereocenters. The Balaban J connectivity index is 1.23. The number of fused-ring (bicyclic) bond motifs is 1. The van der Waals surface area contributed by atoms with E-state index in [1.54, 1.807) is 24.3 Å². The fourth-order valence-corrected chi connectivity index (χ4v) is 6.59. The Labute approximate surface area is 209 Å². The summed E-state index contributed by atoms with van der Waals surface area (Å²) in [5.74, 6) is 2.09. The maximum absolute atomic E-state index is 13.0. The number of benzene rings is 1. The zero-order valence-corrected chi connectivity index (χ0v) is 20.9. The molecule has 2 heterocycles. The van der Waals surface area contributed by atoms with Crippen molar-refractivity contribution in [2.24, 2.45) is 28.6 Å². The summed E-state index contributed by atoms with van der Waals surface area (Å²) in [5.41, 5.74) is -0.0640. The number of amides is 1. The lowest BCUT2D eigenvalue weighted by Crippen LogP contribution is -2.74. The molecular formula is C26H28ClN5O3. The standard InChI is InChI=1S/C26H28ClN5O3/c1-25(2)23(26(3,4)24(25)35-15-6-5-14(10-28)19(27)9-15)29-22(34)20-7-8-21(31-30-20)32-11-16-17(12-32)18(16)13-33/h5-9,13,16-18,23-24H,11-12H2,1-4H3,(H,29,34)/t16-,17+,18+,23-,24-. The van der Waals surface area contributed by atoms with E-state index in [-0.39, 0.29) is 40.5 Å². The topological polar surface area (TPSA) is 108 Å². The predicted molar refractivity (Wildman–Crippen MR) is 130 cm³/mol. The fraction of sp³-hybridized carbons (Fsp3) is 0.500. The van der Waals surface area contributed by atoms with Crippen LogP contribution in [0, 0.1) is 39.9 Å². The van der Waals surface area contributed by atoms with Gasteiger partial charge in [-0.05, 0) is 36.1 Å². The number of ether oxygens (including phenoxy) is 1. The number of halogens is 1. The Morgan fingerprint density at radius 2 is 1.86 bits per heavy atom. The maximum atomic E-state index is 13.0. The summed E-state index contributed by atoms with van der Waals surface area (Å²) in [6.07, 6.45) is 0.874. The molecule has 1 amide bonds. The number of aldehydes is 1. The first-order chi connectivity index (χ1) is 16.6. The lowest BCUT2D eigenvalue weighted by molar-refractivity contribution is -0.164. The highest BCUT2D eigenvalue weighted by Gasteiger charge is 2.64. The summed E-state index contributed by atoms with van der Waals surface area (Å²) >= 11 is 6.17. The molecule has 2 saturated carbocycles. The van der Waals surface area contributed by atoms with Crippen molar-refractivity contribution < 1.29 is 14.3 Å². The first-order valence-electron chi connectivity index (χ1n) is 11.8. The zero-order valence-electron chi connectivity index (χ0n) is 20.2. The number of carbonyl (C=O) groups excluding carboxylic acids is 2. The van der Waals surface area contributed by atoms with Gasteiger partial charge in [-0.3, -0.25) is 4.79 Å². The van der Waals surface area contributed by atoms with Crippen LogP contribution in [0.4, 0.5) is 5.82 Å². The molecule has 35 heavy (non-hydrogen) atoms. The number of nitrogens with one attached hydrogen (secondary N) is 1. The molecule has 3 atom stereocenters. The van der Waals surface area contributed by atoms with Gasteiger partial charge in [-0.1, -0.05) is 39.3 Å². The Kier molecular flexibility index (Phi) is 5.52. The van der Waals surface area contributed by atoms with Crippen molar-refractivity contribution in [3.8, 4) is 11.8 Å². The normalized spacial score (nSPS) is 29.4. The second-order valence-electron chi connectivity index (χ2n) is 11.0. The molecule has 1 aromatic heterocycles. The number of piperidine rings is 1. The number of hydrogen-bond acceptors (Lipinski definition) is 7. The smallest absolute Gasteiger partial charge is 0.272 e. The molecule has 8 nitrogen and oxygen atoms in total. The lowest BCUT2D eigenvalue weighted by atomic mass is 9.49. The van der Waals surface area contributed by atoms with Crippen molar-refractivity contribution >= 4 is 29.6 Å². The van der Waals surface area contributed by atoms with Crippen LogP contribution in [0.25, 0.3) is 0 Å². The van der Waals surface area contributed by atoms with Crippen molar-refractivity contribution in [2.75, 3.05) is 18.0 Å². The number of nitrogens with zero attached hydrogens (tertiary/aromatic N) is 4. The van der Waals surface area contributed by atoms with Crippen molar-refractivity contribution in [1.29, 1.82) is 5.26 Å². The summed E-state index contributed by atoms with van der Waals surface area (Å²) < 4.78 is 6.28. The van der Waals surface area contributed by atoms with Crippen molar-refractivity contribution in [3.63, 3.8) is 0 Å². The van der Waals surface area contributed by atoms with Crippen LogP contribution in [0.3, 0.4) is 0 Å². The van der Waals surface area contributed by atoms with Gasteiger partial charge in [0, 0.05) is 41.9 Å². The molecule has 1 aromatic carbocycles. The largest absolute Gasteiger partial charge is 0.489 e. The van der Waals surface area contributed by atoms with Crippen LogP contribution in [-0.4, -0.2) is 47.6 Å². The Morgan fingerprint density at radius 3 is 2.40 bits per heavy atom. The Morgan fingerprint density at radius 1 is 1.17 bits per heavy atom. The molecule has 0 radical (unpaired) electrons. The molecule has 1 aliphatic heterocycles. The molecule has 5 rings (SSSR count). The predicted octanol–water partition coefficient (Wildman–Crippen LogP) is 3.49. The molecule has 2 aromatic rings. The van der Waals surface area contributed by atoms with E-state index in [0.717, 1.165) is 25.2 Å².